The lowest BCUT2D eigenvalue weighted by atomic mass is 9.94. The second-order valence-corrected chi connectivity index (χ2v) is 18.8. The van der Waals surface area contributed by atoms with Crippen LogP contribution in [0.1, 0.15) is 285 Å². The first-order valence-electron chi connectivity index (χ1n) is 27.2. The molecule has 0 rings (SSSR count). The van der Waals surface area contributed by atoms with Crippen LogP contribution in [-0.2, 0) is 19.1 Å². The highest BCUT2D eigenvalue weighted by Gasteiger charge is 2.20. The molecular formula is C54H107NO5. The van der Waals surface area contributed by atoms with E-state index < -0.39 is 0 Å². The molecule has 0 amide bonds. The van der Waals surface area contributed by atoms with Gasteiger partial charge in [-0.2, -0.15) is 0 Å². The van der Waals surface area contributed by atoms with E-state index in [1.807, 2.05) is 0 Å². The Bertz CT molecular complexity index is 771. The molecule has 6 nitrogen and oxygen atoms in total. The Morgan fingerprint density at radius 2 is 0.600 bits per heavy atom. The lowest BCUT2D eigenvalue weighted by Crippen LogP contribution is -2.27. The van der Waals surface area contributed by atoms with Gasteiger partial charge in [0.05, 0.1) is 25.0 Å². The van der Waals surface area contributed by atoms with E-state index in [1.54, 1.807) is 0 Å². The molecule has 0 aliphatic heterocycles. The van der Waals surface area contributed by atoms with Gasteiger partial charge >= 0.3 is 11.9 Å². The minimum absolute atomic E-state index is 0.0698. The van der Waals surface area contributed by atoms with E-state index in [0.29, 0.717) is 13.2 Å². The highest BCUT2D eigenvalue weighted by atomic mass is 16.5. The van der Waals surface area contributed by atoms with Gasteiger partial charge in [0, 0.05) is 6.61 Å². The monoisotopic (exact) mass is 850 g/mol. The minimum Gasteiger partial charge on any atom is -0.465 e. The molecule has 0 aromatic heterocycles. The number of ether oxygens (including phenoxy) is 2. The number of aliphatic hydroxyl groups excluding tert-OH is 1. The quantitative estimate of drug-likeness (QED) is 0.0485. The zero-order chi connectivity index (χ0) is 43.8. The van der Waals surface area contributed by atoms with Crippen LogP contribution in [0.3, 0.4) is 0 Å². The molecule has 0 unspecified atom stereocenters. The molecule has 0 saturated heterocycles. The number of carbonyl (C=O) groups excluding carboxylic acids is 2. The summed E-state index contributed by atoms with van der Waals surface area (Å²) >= 11 is 0. The van der Waals surface area contributed by atoms with Gasteiger partial charge < -0.3 is 19.5 Å². The highest BCUT2D eigenvalue weighted by molar-refractivity contribution is 5.72. The van der Waals surface area contributed by atoms with Gasteiger partial charge in [-0.15, -0.1) is 0 Å². The van der Waals surface area contributed by atoms with E-state index in [-0.39, 0.29) is 30.4 Å². The first-order chi connectivity index (χ1) is 29.5. The SMILES string of the molecule is CCCCCCCCC(CCCCCCCC)C(=O)OCCCCCCCN(CCCCO)CCCCCCCOC(=O)C(CCCCCCCC)CCCCCCCC. The van der Waals surface area contributed by atoms with Gasteiger partial charge in [-0.3, -0.25) is 9.59 Å². The average Bonchev–Trinajstić information content (AvgIpc) is 3.25. The van der Waals surface area contributed by atoms with Crippen molar-refractivity contribution in [3.63, 3.8) is 0 Å². The number of hydrogen-bond acceptors (Lipinski definition) is 6. The Morgan fingerprint density at radius 3 is 0.900 bits per heavy atom. The summed E-state index contributed by atoms with van der Waals surface area (Å²) in [4.78, 5) is 28.8. The maximum atomic E-state index is 13.1. The maximum absolute atomic E-state index is 13.1. The largest absolute Gasteiger partial charge is 0.465 e. The van der Waals surface area contributed by atoms with Crippen molar-refractivity contribution in [1.82, 2.24) is 4.90 Å². The molecule has 0 bridgehead atoms. The van der Waals surface area contributed by atoms with Crippen LogP contribution >= 0.6 is 0 Å². The summed E-state index contributed by atoms with van der Waals surface area (Å²) in [6, 6.07) is 0. The average molecular weight is 850 g/mol. The molecule has 0 aromatic rings. The first-order valence-corrected chi connectivity index (χ1v) is 27.2. The van der Waals surface area contributed by atoms with Crippen LogP contribution in [0, 0.1) is 11.8 Å². The number of rotatable bonds is 50. The number of nitrogens with zero attached hydrogens (tertiary/aromatic N) is 1. The molecule has 0 saturated carbocycles. The summed E-state index contributed by atoms with van der Waals surface area (Å²) in [7, 11) is 0. The molecule has 0 spiro atoms. The predicted molar refractivity (Wildman–Crippen MR) is 260 cm³/mol. The van der Waals surface area contributed by atoms with Crippen molar-refractivity contribution < 1.29 is 24.2 Å². The highest BCUT2D eigenvalue weighted by Crippen LogP contribution is 2.23. The fraction of sp³-hybridized carbons (Fsp3) is 0.963. The predicted octanol–water partition coefficient (Wildman–Crippen LogP) is 16.3. The van der Waals surface area contributed by atoms with Crippen LogP contribution in [0.2, 0.25) is 0 Å². The summed E-state index contributed by atoms with van der Waals surface area (Å²) in [6.45, 7) is 13.8. The zero-order valence-electron chi connectivity index (χ0n) is 41.2. The van der Waals surface area contributed by atoms with Crippen molar-refractivity contribution in [2.75, 3.05) is 39.5 Å². The van der Waals surface area contributed by atoms with Crippen LogP contribution in [-0.4, -0.2) is 61.4 Å². The fourth-order valence-electron chi connectivity index (χ4n) is 8.74. The van der Waals surface area contributed by atoms with Crippen molar-refractivity contribution in [3.8, 4) is 0 Å². The van der Waals surface area contributed by atoms with Gasteiger partial charge in [-0.05, 0) is 83.8 Å². The van der Waals surface area contributed by atoms with Gasteiger partial charge in [0.1, 0.15) is 0 Å². The summed E-state index contributed by atoms with van der Waals surface area (Å²) in [5, 5.41) is 9.36. The number of esters is 2. The van der Waals surface area contributed by atoms with Gasteiger partial charge in [0.15, 0.2) is 0 Å². The summed E-state index contributed by atoms with van der Waals surface area (Å²) in [5.74, 6) is 0.335. The number of hydrogen-bond donors (Lipinski definition) is 1. The minimum atomic E-state index is 0.0698. The Kier molecular flexibility index (Phi) is 48.0. The lowest BCUT2D eigenvalue weighted by Gasteiger charge is -2.22. The van der Waals surface area contributed by atoms with Crippen LogP contribution < -0.4 is 0 Å². The molecule has 60 heavy (non-hydrogen) atoms. The van der Waals surface area contributed by atoms with E-state index in [2.05, 4.69) is 32.6 Å². The Balaban J connectivity index is 4.35. The van der Waals surface area contributed by atoms with Crippen molar-refractivity contribution >= 4 is 11.9 Å². The smallest absolute Gasteiger partial charge is 0.308 e. The molecule has 0 radical (unpaired) electrons. The molecule has 358 valence electrons. The molecule has 0 aliphatic carbocycles. The van der Waals surface area contributed by atoms with E-state index in [0.717, 1.165) is 110 Å². The third-order valence-electron chi connectivity index (χ3n) is 12.9. The normalized spacial score (nSPS) is 11.7. The molecule has 0 aliphatic rings. The van der Waals surface area contributed by atoms with Crippen molar-refractivity contribution in [3.05, 3.63) is 0 Å². The van der Waals surface area contributed by atoms with Crippen LogP contribution in [0.25, 0.3) is 0 Å². The third-order valence-corrected chi connectivity index (χ3v) is 12.9. The molecule has 0 heterocycles. The van der Waals surface area contributed by atoms with E-state index in [1.165, 1.54) is 167 Å². The van der Waals surface area contributed by atoms with Crippen molar-refractivity contribution in [2.45, 2.75) is 285 Å². The molecule has 1 N–H and O–H groups in total. The summed E-state index contributed by atoms with van der Waals surface area (Å²) in [6.07, 6.45) is 48.0. The van der Waals surface area contributed by atoms with Gasteiger partial charge in [0.2, 0.25) is 0 Å². The lowest BCUT2D eigenvalue weighted by molar-refractivity contribution is -0.150. The zero-order valence-corrected chi connectivity index (χ0v) is 41.2. The fourth-order valence-corrected chi connectivity index (χ4v) is 8.74. The van der Waals surface area contributed by atoms with Crippen LogP contribution in [0.5, 0.6) is 0 Å². The van der Waals surface area contributed by atoms with Gasteiger partial charge in [0.25, 0.3) is 0 Å². The molecular weight excluding hydrogens is 743 g/mol. The Hall–Kier alpha value is -1.14. The summed E-state index contributed by atoms with van der Waals surface area (Å²) in [5.41, 5.74) is 0. The summed E-state index contributed by atoms with van der Waals surface area (Å²) < 4.78 is 11.7. The topological polar surface area (TPSA) is 76.1 Å². The molecule has 0 atom stereocenters. The molecule has 0 aromatic carbocycles. The third kappa shape index (κ3) is 40.9. The van der Waals surface area contributed by atoms with E-state index >= 15 is 0 Å². The van der Waals surface area contributed by atoms with Crippen LogP contribution in [0.4, 0.5) is 0 Å². The second-order valence-electron chi connectivity index (χ2n) is 18.8. The maximum Gasteiger partial charge on any atom is 0.308 e. The molecule has 6 heteroatoms. The van der Waals surface area contributed by atoms with Crippen molar-refractivity contribution in [1.29, 1.82) is 0 Å². The van der Waals surface area contributed by atoms with E-state index in [4.69, 9.17) is 9.47 Å². The Labute approximate surface area is 375 Å². The number of unbranched alkanes of at least 4 members (excludes halogenated alkanes) is 29. The number of carbonyl (C=O) groups is 2. The van der Waals surface area contributed by atoms with Crippen molar-refractivity contribution in [2.24, 2.45) is 11.8 Å². The van der Waals surface area contributed by atoms with E-state index in [9.17, 15) is 14.7 Å². The standard InChI is InChI=1S/C54H107NO5/c1-5-9-13-17-23-31-41-51(42-32-24-18-14-10-6-2)53(57)59-49-39-29-21-27-35-45-55(47-37-38-48-56)46-36-28-22-30-40-50-60-54(58)52(43-33-25-19-15-11-7-3)44-34-26-20-16-12-8-4/h51-52,56H,5-50H2,1-4H3. The van der Waals surface area contributed by atoms with Gasteiger partial charge in [-0.25, -0.2) is 0 Å². The Morgan fingerprint density at radius 1 is 0.350 bits per heavy atom. The van der Waals surface area contributed by atoms with Crippen LogP contribution in [0.15, 0.2) is 0 Å². The second kappa shape index (κ2) is 48.9. The number of aliphatic hydroxyl groups is 1. The molecule has 0 fully saturated rings. The van der Waals surface area contributed by atoms with Gasteiger partial charge in [-0.1, -0.05) is 220 Å². The first kappa shape index (κ1) is 58.9.